The second-order valence-electron chi connectivity index (χ2n) is 13.2. The van der Waals surface area contributed by atoms with E-state index in [0.717, 1.165) is 29.3 Å². The Morgan fingerprint density at radius 2 is 1.70 bits per heavy atom. The Kier molecular flexibility index (Phi) is 7.76. The van der Waals surface area contributed by atoms with E-state index in [2.05, 4.69) is 42.5 Å². The molecule has 0 amide bonds. The Labute approximate surface area is 266 Å². The van der Waals surface area contributed by atoms with Gasteiger partial charge >= 0.3 is 11.9 Å². The number of allylic oxidation sites excluding steroid dienone is 4. The van der Waals surface area contributed by atoms with Crippen molar-refractivity contribution in [3.05, 3.63) is 93.1 Å². The van der Waals surface area contributed by atoms with Gasteiger partial charge in [-0.15, -0.1) is 0 Å². The first-order valence-corrected chi connectivity index (χ1v) is 16.3. The van der Waals surface area contributed by atoms with Gasteiger partial charge in [0.2, 0.25) is 5.78 Å². The molecule has 0 aliphatic heterocycles. The maximum atomic E-state index is 14.5. The lowest BCUT2D eigenvalue weighted by molar-refractivity contribution is -0.171. The summed E-state index contributed by atoms with van der Waals surface area (Å²) in [6.07, 6.45) is 9.65. The van der Waals surface area contributed by atoms with E-state index < -0.39 is 29.6 Å². The quantitative estimate of drug-likeness (QED) is 0.236. The average Bonchev–Trinajstić information content (AvgIpc) is 3.23. The Morgan fingerprint density at radius 1 is 0.953 bits per heavy atom. The van der Waals surface area contributed by atoms with Gasteiger partial charge in [0, 0.05) is 20.3 Å². The predicted molar refractivity (Wildman–Crippen MR) is 170 cm³/mol. The molecule has 224 valence electrons. The molecule has 0 spiro atoms. The summed E-state index contributed by atoms with van der Waals surface area (Å²) in [5.74, 6) is -0.939. The van der Waals surface area contributed by atoms with Gasteiger partial charge in [0.15, 0.2) is 18.0 Å². The molecule has 0 bridgehead atoms. The standard InChI is InChI=1S/C36H37IO6/c1-22-18-30-28-13-12-25-20-27(38)14-16-34(25,2)29(28)15-17-35(30,3)36(22,43-33(41)24-10-7-11-26(37)19-24)31(39)21-42-32(40)23-8-5-4-6-9-23/h4-11,14,16,19-20,22,28-30H,12-13,15,17-18,21H2,1-3H3/t22?,28-,29+,30+,34+,35+,36+/m1/s1. The van der Waals surface area contributed by atoms with Crippen LogP contribution < -0.4 is 0 Å². The number of hydrogen-bond acceptors (Lipinski definition) is 6. The van der Waals surface area contributed by atoms with Crippen molar-refractivity contribution in [3.63, 3.8) is 0 Å². The lowest BCUT2D eigenvalue weighted by atomic mass is 9.47. The van der Waals surface area contributed by atoms with Gasteiger partial charge in [0.05, 0.1) is 11.1 Å². The van der Waals surface area contributed by atoms with E-state index >= 15 is 0 Å². The summed E-state index contributed by atoms with van der Waals surface area (Å²) in [5.41, 5.74) is -0.330. The number of hydrogen-bond donors (Lipinski definition) is 0. The van der Waals surface area contributed by atoms with Gasteiger partial charge < -0.3 is 9.47 Å². The summed E-state index contributed by atoms with van der Waals surface area (Å²) < 4.78 is 13.0. The number of halogens is 1. The highest BCUT2D eigenvalue weighted by molar-refractivity contribution is 14.1. The predicted octanol–water partition coefficient (Wildman–Crippen LogP) is 7.17. The van der Waals surface area contributed by atoms with Gasteiger partial charge in [0.25, 0.3) is 0 Å². The Morgan fingerprint density at radius 3 is 2.44 bits per heavy atom. The molecule has 3 fully saturated rings. The van der Waals surface area contributed by atoms with Crippen LogP contribution in [-0.4, -0.2) is 35.7 Å². The van der Waals surface area contributed by atoms with Crippen LogP contribution in [0.3, 0.4) is 0 Å². The fraction of sp³-hybridized carbons (Fsp3) is 0.444. The fourth-order valence-electron chi connectivity index (χ4n) is 9.11. The Bertz CT molecular complexity index is 1540. The molecule has 4 aliphatic rings. The monoisotopic (exact) mass is 692 g/mol. The van der Waals surface area contributed by atoms with Gasteiger partial charge in [-0.2, -0.15) is 0 Å². The van der Waals surface area contributed by atoms with Crippen molar-refractivity contribution < 1.29 is 28.7 Å². The summed E-state index contributed by atoms with van der Waals surface area (Å²) in [6.45, 7) is 5.90. The summed E-state index contributed by atoms with van der Waals surface area (Å²) in [6, 6.07) is 15.8. The molecular formula is C36H37IO6. The van der Waals surface area contributed by atoms with Crippen LogP contribution in [0, 0.1) is 38.1 Å². The molecule has 2 aromatic rings. The number of benzene rings is 2. The molecule has 0 N–H and O–H groups in total. The van der Waals surface area contributed by atoms with Crippen LogP contribution in [0.4, 0.5) is 0 Å². The van der Waals surface area contributed by atoms with Gasteiger partial charge in [-0.25, -0.2) is 9.59 Å². The minimum absolute atomic E-state index is 0.0539. The minimum atomic E-state index is -1.45. The van der Waals surface area contributed by atoms with Crippen LogP contribution in [0.2, 0.25) is 0 Å². The number of carbonyl (C=O) groups is 4. The minimum Gasteiger partial charge on any atom is -0.454 e. The van der Waals surface area contributed by atoms with E-state index in [-0.39, 0.29) is 28.8 Å². The van der Waals surface area contributed by atoms with E-state index in [1.165, 1.54) is 5.57 Å². The summed E-state index contributed by atoms with van der Waals surface area (Å²) in [4.78, 5) is 53.4. The molecule has 0 aromatic heterocycles. The van der Waals surface area contributed by atoms with E-state index in [1.54, 1.807) is 48.5 Å². The number of carbonyl (C=O) groups excluding carboxylic acids is 4. The molecule has 43 heavy (non-hydrogen) atoms. The Hall–Kier alpha value is -3.07. The van der Waals surface area contributed by atoms with E-state index in [9.17, 15) is 19.2 Å². The second kappa shape index (κ2) is 11.1. The second-order valence-corrected chi connectivity index (χ2v) is 14.4. The lowest BCUT2D eigenvalue weighted by Gasteiger charge is -2.58. The van der Waals surface area contributed by atoms with E-state index in [4.69, 9.17) is 9.47 Å². The SMILES string of the molecule is CC1C[C@H]2[C@@H]3CCC4=CC(=O)C=C[C@]4(C)[C@H]3CC[C@]2(C)[C@@]1(OC(=O)c1cccc(I)c1)C(=O)COC(=O)c1ccccc1. The molecular weight excluding hydrogens is 655 g/mol. The highest BCUT2D eigenvalue weighted by atomic mass is 127. The molecule has 0 radical (unpaired) electrons. The first-order valence-electron chi connectivity index (χ1n) is 15.2. The third kappa shape index (κ3) is 4.82. The maximum Gasteiger partial charge on any atom is 0.339 e. The molecule has 3 saturated carbocycles. The lowest BCUT2D eigenvalue weighted by Crippen LogP contribution is -2.61. The zero-order chi connectivity index (χ0) is 30.6. The zero-order valence-electron chi connectivity index (χ0n) is 24.8. The van der Waals surface area contributed by atoms with Crippen LogP contribution in [0.5, 0.6) is 0 Å². The van der Waals surface area contributed by atoms with Gasteiger partial charge in [-0.1, -0.05) is 56.7 Å². The fourth-order valence-corrected chi connectivity index (χ4v) is 9.65. The Balaban J connectivity index is 1.35. The summed E-state index contributed by atoms with van der Waals surface area (Å²) in [5, 5.41) is 0. The molecule has 7 heteroatoms. The van der Waals surface area contributed by atoms with Gasteiger partial charge in [0.1, 0.15) is 0 Å². The van der Waals surface area contributed by atoms with Crippen molar-refractivity contribution in [2.45, 2.75) is 58.5 Å². The van der Waals surface area contributed by atoms with Crippen LogP contribution in [0.25, 0.3) is 0 Å². The largest absolute Gasteiger partial charge is 0.454 e. The third-order valence-corrected chi connectivity index (χ3v) is 11.8. The number of Topliss-reactive ketones (excluding diaryl/α,β-unsaturated/α-hetero) is 1. The number of rotatable bonds is 6. The van der Waals surface area contributed by atoms with Crippen molar-refractivity contribution in [1.29, 1.82) is 0 Å². The molecule has 2 aromatic carbocycles. The van der Waals surface area contributed by atoms with Crippen molar-refractivity contribution in [3.8, 4) is 0 Å². The molecule has 4 aliphatic carbocycles. The molecule has 6 nitrogen and oxygen atoms in total. The van der Waals surface area contributed by atoms with Gasteiger partial charge in [-0.05, 0) is 115 Å². The highest BCUT2D eigenvalue weighted by Gasteiger charge is 2.71. The highest BCUT2D eigenvalue weighted by Crippen LogP contribution is 2.69. The van der Waals surface area contributed by atoms with Crippen molar-refractivity contribution in [2.24, 2.45) is 34.5 Å². The normalized spacial score (nSPS) is 34.3. The van der Waals surface area contributed by atoms with Crippen LogP contribution in [-0.2, 0) is 19.1 Å². The molecule has 1 unspecified atom stereocenters. The topological polar surface area (TPSA) is 86.7 Å². The van der Waals surface area contributed by atoms with Crippen molar-refractivity contribution in [2.75, 3.05) is 6.61 Å². The third-order valence-electron chi connectivity index (χ3n) is 11.2. The average molecular weight is 693 g/mol. The van der Waals surface area contributed by atoms with E-state index in [1.807, 2.05) is 25.1 Å². The number of esters is 2. The van der Waals surface area contributed by atoms with Crippen LogP contribution >= 0.6 is 22.6 Å². The smallest absolute Gasteiger partial charge is 0.339 e. The first kappa shape index (κ1) is 30.0. The summed E-state index contributed by atoms with van der Waals surface area (Å²) >= 11 is 2.16. The first-order chi connectivity index (χ1) is 20.5. The van der Waals surface area contributed by atoms with Crippen LogP contribution in [0.1, 0.15) is 73.6 Å². The number of ketones is 2. The number of fused-ring (bicyclic) bond motifs is 5. The van der Waals surface area contributed by atoms with Crippen molar-refractivity contribution >= 4 is 46.1 Å². The molecule has 7 atom stereocenters. The van der Waals surface area contributed by atoms with Crippen LogP contribution in [0.15, 0.2) is 78.4 Å². The molecule has 0 heterocycles. The number of ether oxygens (including phenoxy) is 2. The molecule has 6 rings (SSSR count). The zero-order valence-corrected chi connectivity index (χ0v) is 27.0. The van der Waals surface area contributed by atoms with Gasteiger partial charge in [-0.3, -0.25) is 9.59 Å². The maximum absolute atomic E-state index is 14.5. The molecule has 0 saturated heterocycles. The van der Waals surface area contributed by atoms with E-state index in [0.29, 0.717) is 29.4 Å². The summed E-state index contributed by atoms with van der Waals surface area (Å²) in [7, 11) is 0. The van der Waals surface area contributed by atoms with Crippen molar-refractivity contribution in [1.82, 2.24) is 0 Å².